The number of benzene rings is 1. The van der Waals surface area contributed by atoms with Gasteiger partial charge in [-0.2, -0.15) is 0 Å². The molecule has 0 bridgehead atoms. The lowest BCUT2D eigenvalue weighted by molar-refractivity contribution is -0.134. The average Bonchev–Trinajstić information content (AvgIpc) is 2.61. The van der Waals surface area contributed by atoms with Gasteiger partial charge in [0.1, 0.15) is 6.04 Å². The van der Waals surface area contributed by atoms with Crippen LogP contribution in [0.25, 0.3) is 0 Å². The number of piperazine rings is 2. The zero-order valence-electron chi connectivity index (χ0n) is 13.7. The maximum absolute atomic E-state index is 12.3. The van der Waals surface area contributed by atoms with Crippen LogP contribution >= 0.6 is 12.4 Å². The van der Waals surface area contributed by atoms with E-state index in [9.17, 15) is 9.59 Å². The topological polar surface area (TPSA) is 64.7 Å². The van der Waals surface area contributed by atoms with Gasteiger partial charge in [-0.3, -0.25) is 14.5 Å². The molecule has 0 spiro atoms. The SMILES string of the molecule is Cl.O=C1NCCN(CCC(=O)N2CCNCC2)C1c1ccccc1. The van der Waals surface area contributed by atoms with Crippen LogP contribution in [0.15, 0.2) is 30.3 Å². The molecule has 7 heteroatoms. The number of halogens is 1. The Labute approximate surface area is 149 Å². The van der Waals surface area contributed by atoms with Crippen LogP contribution in [0.2, 0.25) is 0 Å². The van der Waals surface area contributed by atoms with Crippen molar-refractivity contribution in [3.63, 3.8) is 0 Å². The van der Waals surface area contributed by atoms with Crippen molar-refractivity contribution in [2.75, 3.05) is 45.8 Å². The first kappa shape index (κ1) is 18.7. The van der Waals surface area contributed by atoms with Crippen LogP contribution in [-0.4, -0.2) is 67.4 Å². The van der Waals surface area contributed by atoms with Crippen LogP contribution in [0.4, 0.5) is 0 Å². The Morgan fingerprint density at radius 2 is 1.79 bits per heavy atom. The second-order valence-corrected chi connectivity index (χ2v) is 6.02. The molecule has 24 heavy (non-hydrogen) atoms. The molecule has 1 atom stereocenters. The quantitative estimate of drug-likeness (QED) is 0.823. The predicted octanol–water partition coefficient (Wildman–Crippen LogP) is 0.403. The van der Waals surface area contributed by atoms with Crippen molar-refractivity contribution >= 4 is 24.2 Å². The summed E-state index contributed by atoms with van der Waals surface area (Å²) in [4.78, 5) is 28.7. The van der Waals surface area contributed by atoms with E-state index in [4.69, 9.17) is 0 Å². The first-order valence-corrected chi connectivity index (χ1v) is 8.31. The van der Waals surface area contributed by atoms with Gasteiger partial charge in [0.15, 0.2) is 0 Å². The van der Waals surface area contributed by atoms with Crippen LogP contribution in [0.5, 0.6) is 0 Å². The average molecular weight is 353 g/mol. The molecule has 2 heterocycles. The standard InChI is InChI=1S/C17H24N4O2.ClH/c22-15(20-11-7-18-8-12-20)6-10-21-13-9-19-17(23)16(21)14-4-2-1-3-5-14;/h1-5,16,18H,6-13H2,(H,19,23);1H. The minimum atomic E-state index is -0.291. The summed E-state index contributed by atoms with van der Waals surface area (Å²) in [6, 6.07) is 9.49. The lowest BCUT2D eigenvalue weighted by Gasteiger charge is -2.36. The molecule has 2 saturated heterocycles. The Balaban J connectivity index is 0.00000208. The number of nitrogens with one attached hydrogen (secondary N) is 2. The molecule has 0 aromatic heterocycles. The molecular formula is C17H25ClN4O2. The number of carbonyl (C=O) groups excluding carboxylic acids is 2. The van der Waals surface area contributed by atoms with E-state index in [2.05, 4.69) is 15.5 Å². The van der Waals surface area contributed by atoms with Gasteiger partial charge in [0.2, 0.25) is 11.8 Å². The monoisotopic (exact) mass is 352 g/mol. The first-order chi connectivity index (χ1) is 11.3. The van der Waals surface area contributed by atoms with Crippen molar-refractivity contribution in [1.82, 2.24) is 20.4 Å². The zero-order chi connectivity index (χ0) is 16.1. The molecule has 0 radical (unpaired) electrons. The van der Waals surface area contributed by atoms with Gasteiger partial charge in [-0.15, -0.1) is 12.4 Å². The Hall–Kier alpha value is -1.63. The van der Waals surface area contributed by atoms with Gasteiger partial charge in [0.25, 0.3) is 0 Å². The van der Waals surface area contributed by atoms with E-state index in [1.165, 1.54) is 0 Å². The van der Waals surface area contributed by atoms with Crippen molar-refractivity contribution in [3.8, 4) is 0 Å². The molecule has 2 N–H and O–H groups in total. The van der Waals surface area contributed by atoms with Crippen molar-refractivity contribution in [2.45, 2.75) is 12.5 Å². The Kier molecular flexibility index (Phi) is 7.02. The van der Waals surface area contributed by atoms with Crippen LogP contribution < -0.4 is 10.6 Å². The third-order valence-electron chi connectivity index (χ3n) is 4.51. The van der Waals surface area contributed by atoms with Gasteiger partial charge in [-0.25, -0.2) is 0 Å². The first-order valence-electron chi connectivity index (χ1n) is 8.31. The zero-order valence-corrected chi connectivity index (χ0v) is 14.6. The highest BCUT2D eigenvalue weighted by Gasteiger charge is 2.31. The minimum absolute atomic E-state index is 0. The summed E-state index contributed by atoms with van der Waals surface area (Å²) < 4.78 is 0. The highest BCUT2D eigenvalue weighted by atomic mass is 35.5. The second-order valence-electron chi connectivity index (χ2n) is 6.02. The minimum Gasteiger partial charge on any atom is -0.353 e. The Bertz CT molecular complexity index is 549. The molecule has 1 aromatic rings. The van der Waals surface area contributed by atoms with E-state index in [-0.39, 0.29) is 30.3 Å². The summed E-state index contributed by atoms with van der Waals surface area (Å²) >= 11 is 0. The van der Waals surface area contributed by atoms with E-state index >= 15 is 0 Å². The van der Waals surface area contributed by atoms with Gasteiger partial charge in [0.05, 0.1) is 0 Å². The molecule has 2 fully saturated rings. The Morgan fingerprint density at radius 1 is 1.08 bits per heavy atom. The van der Waals surface area contributed by atoms with Crippen molar-refractivity contribution < 1.29 is 9.59 Å². The third kappa shape index (κ3) is 4.47. The number of rotatable bonds is 4. The van der Waals surface area contributed by atoms with E-state index < -0.39 is 0 Å². The summed E-state index contributed by atoms with van der Waals surface area (Å²) in [5.41, 5.74) is 0.985. The maximum atomic E-state index is 12.3. The Morgan fingerprint density at radius 3 is 2.50 bits per heavy atom. The molecule has 1 aromatic carbocycles. The molecule has 2 amide bonds. The van der Waals surface area contributed by atoms with E-state index in [0.717, 1.165) is 38.3 Å². The second kappa shape index (κ2) is 9.01. The number of carbonyl (C=O) groups is 2. The number of hydrogen-bond acceptors (Lipinski definition) is 4. The fourth-order valence-corrected chi connectivity index (χ4v) is 3.26. The van der Waals surface area contributed by atoms with Gasteiger partial charge in [0, 0.05) is 52.2 Å². The molecule has 3 rings (SSSR count). The fraction of sp³-hybridized carbons (Fsp3) is 0.529. The predicted molar refractivity (Wildman–Crippen MR) is 95.1 cm³/mol. The summed E-state index contributed by atoms with van der Waals surface area (Å²) in [6.45, 7) is 5.33. The lowest BCUT2D eigenvalue weighted by atomic mass is 10.0. The van der Waals surface area contributed by atoms with Crippen LogP contribution in [0, 0.1) is 0 Å². The van der Waals surface area contributed by atoms with Gasteiger partial charge >= 0.3 is 0 Å². The van der Waals surface area contributed by atoms with Crippen molar-refractivity contribution in [2.24, 2.45) is 0 Å². The smallest absolute Gasteiger partial charge is 0.242 e. The molecule has 2 aliphatic rings. The van der Waals surface area contributed by atoms with E-state index in [1.54, 1.807) is 0 Å². The highest BCUT2D eigenvalue weighted by Crippen LogP contribution is 2.23. The summed E-state index contributed by atoms with van der Waals surface area (Å²) in [5.74, 6) is 0.210. The van der Waals surface area contributed by atoms with Crippen LogP contribution in [0.1, 0.15) is 18.0 Å². The molecule has 132 valence electrons. The number of nitrogens with zero attached hydrogens (tertiary/aromatic N) is 2. The molecule has 0 saturated carbocycles. The van der Waals surface area contributed by atoms with Gasteiger partial charge < -0.3 is 15.5 Å². The molecule has 6 nitrogen and oxygen atoms in total. The summed E-state index contributed by atoms with van der Waals surface area (Å²) in [6.07, 6.45) is 0.469. The van der Waals surface area contributed by atoms with E-state index in [1.807, 2.05) is 35.2 Å². The highest BCUT2D eigenvalue weighted by molar-refractivity contribution is 5.85. The fourth-order valence-electron chi connectivity index (χ4n) is 3.26. The molecule has 2 aliphatic heterocycles. The molecular weight excluding hydrogens is 328 g/mol. The largest absolute Gasteiger partial charge is 0.353 e. The van der Waals surface area contributed by atoms with Gasteiger partial charge in [-0.05, 0) is 5.56 Å². The van der Waals surface area contributed by atoms with E-state index in [0.29, 0.717) is 19.5 Å². The van der Waals surface area contributed by atoms with Crippen molar-refractivity contribution in [3.05, 3.63) is 35.9 Å². The maximum Gasteiger partial charge on any atom is 0.242 e. The number of hydrogen-bond donors (Lipinski definition) is 2. The van der Waals surface area contributed by atoms with Gasteiger partial charge in [-0.1, -0.05) is 30.3 Å². The lowest BCUT2D eigenvalue weighted by Crippen LogP contribution is -2.51. The third-order valence-corrected chi connectivity index (χ3v) is 4.51. The summed E-state index contributed by atoms with van der Waals surface area (Å²) in [5, 5.41) is 6.18. The molecule has 1 unspecified atom stereocenters. The normalized spacial score (nSPS) is 21.8. The molecule has 0 aliphatic carbocycles. The van der Waals surface area contributed by atoms with Crippen LogP contribution in [0.3, 0.4) is 0 Å². The number of amides is 2. The summed E-state index contributed by atoms with van der Waals surface area (Å²) in [7, 11) is 0. The van der Waals surface area contributed by atoms with Crippen molar-refractivity contribution in [1.29, 1.82) is 0 Å². The van der Waals surface area contributed by atoms with Crippen LogP contribution in [-0.2, 0) is 9.59 Å².